The van der Waals surface area contributed by atoms with Crippen LogP contribution in [-0.2, 0) is 28.6 Å². The number of ether oxygens (including phenoxy) is 3. The van der Waals surface area contributed by atoms with Gasteiger partial charge in [0.1, 0.15) is 13.2 Å². The number of unbranched alkanes of at least 4 members (excludes halogenated alkanes) is 7. The van der Waals surface area contributed by atoms with Gasteiger partial charge < -0.3 is 14.2 Å². The monoisotopic (exact) mass is 1030 g/mol. The van der Waals surface area contributed by atoms with Crippen molar-refractivity contribution in [2.45, 2.75) is 207 Å². The van der Waals surface area contributed by atoms with E-state index in [0.29, 0.717) is 12.8 Å². The van der Waals surface area contributed by atoms with E-state index in [1.807, 2.05) is 6.08 Å². The van der Waals surface area contributed by atoms with E-state index in [0.717, 1.165) is 148 Å². The van der Waals surface area contributed by atoms with Crippen LogP contribution in [0.3, 0.4) is 0 Å². The van der Waals surface area contributed by atoms with Crippen LogP contribution in [0.5, 0.6) is 0 Å². The van der Waals surface area contributed by atoms with E-state index >= 15 is 0 Å². The van der Waals surface area contributed by atoms with E-state index in [-0.39, 0.29) is 44.4 Å². The first-order valence-electron chi connectivity index (χ1n) is 28.9. The van der Waals surface area contributed by atoms with Crippen molar-refractivity contribution in [3.63, 3.8) is 0 Å². The molecule has 75 heavy (non-hydrogen) atoms. The first-order valence-corrected chi connectivity index (χ1v) is 28.9. The van der Waals surface area contributed by atoms with Crippen molar-refractivity contribution >= 4 is 17.9 Å². The zero-order valence-electron chi connectivity index (χ0n) is 47.2. The Balaban J connectivity index is 4.61. The van der Waals surface area contributed by atoms with Crippen LogP contribution in [0.15, 0.2) is 194 Å². The van der Waals surface area contributed by atoms with Gasteiger partial charge in [-0.2, -0.15) is 0 Å². The van der Waals surface area contributed by atoms with Crippen molar-refractivity contribution in [2.24, 2.45) is 0 Å². The van der Waals surface area contributed by atoms with Gasteiger partial charge in [0.15, 0.2) is 6.10 Å². The molecule has 6 heteroatoms. The topological polar surface area (TPSA) is 78.9 Å². The fourth-order valence-electron chi connectivity index (χ4n) is 6.90. The quantitative estimate of drug-likeness (QED) is 0.0261. The van der Waals surface area contributed by atoms with E-state index in [4.69, 9.17) is 14.2 Å². The Morgan fingerprint density at radius 2 is 0.533 bits per heavy atom. The summed E-state index contributed by atoms with van der Waals surface area (Å²) in [5, 5.41) is 0. The summed E-state index contributed by atoms with van der Waals surface area (Å²) >= 11 is 0. The lowest BCUT2D eigenvalue weighted by Gasteiger charge is -2.18. The zero-order chi connectivity index (χ0) is 54.3. The molecule has 0 heterocycles. The summed E-state index contributed by atoms with van der Waals surface area (Å²) in [6, 6.07) is 0. The highest BCUT2D eigenvalue weighted by molar-refractivity contribution is 5.72. The molecule has 0 saturated heterocycles. The maximum atomic E-state index is 12.9. The van der Waals surface area contributed by atoms with Gasteiger partial charge in [0.05, 0.1) is 6.42 Å². The Morgan fingerprint density at radius 3 is 0.867 bits per heavy atom. The second kappa shape index (κ2) is 60.8. The van der Waals surface area contributed by atoms with Crippen LogP contribution in [0, 0.1) is 0 Å². The van der Waals surface area contributed by atoms with Gasteiger partial charge in [0, 0.05) is 12.8 Å². The predicted octanol–water partition coefficient (Wildman–Crippen LogP) is 19.9. The third-order valence-corrected chi connectivity index (χ3v) is 11.1. The Hall–Kier alpha value is -5.75. The van der Waals surface area contributed by atoms with E-state index in [1.165, 1.54) is 0 Å². The molecule has 1 unspecified atom stereocenters. The predicted molar refractivity (Wildman–Crippen MR) is 324 cm³/mol. The highest BCUT2D eigenvalue weighted by atomic mass is 16.6. The molecule has 414 valence electrons. The van der Waals surface area contributed by atoms with E-state index in [2.05, 4.69) is 203 Å². The molecule has 0 saturated carbocycles. The molecule has 0 N–H and O–H groups in total. The molecule has 0 bridgehead atoms. The molecule has 0 amide bonds. The average Bonchev–Trinajstić information content (AvgIpc) is 3.41. The highest BCUT2D eigenvalue weighted by Gasteiger charge is 2.19. The van der Waals surface area contributed by atoms with Crippen molar-refractivity contribution in [3.8, 4) is 0 Å². The van der Waals surface area contributed by atoms with Crippen molar-refractivity contribution in [2.75, 3.05) is 13.2 Å². The average molecular weight is 1030 g/mol. The number of allylic oxidation sites excluding steroid dienone is 31. The Kier molecular flexibility index (Phi) is 56.1. The fourth-order valence-corrected chi connectivity index (χ4v) is 6.90. The van der Waals surface area contributed by atoms with Crippen LogP contribution in [-0.4, -0.2) is 37.2 Å². The molecule has 0 aromatic heterocycles. The summed E-state index contributed by atoms with van der Waals surface area (Å²) in [5.74, 6) is -1.15. The minimum Gasteiger partial charge on any atom is -0.462 e. The fraction of sp³-hybridized carbons (Fsp3) is 0.493. The molecule has 0 aliphatic rings. The number of carbonyl (C=O) groups excluding carboxylic acids is 3. The highest BCUT2D eigenvalue weighted by Crippen LogP contribution is 2.11. The molecule has 0 aromatic carbocycles. The smallest absolute Gasteiger partial charge is 0.309 e. The van der Waals surface area contributed by atoms with E-state index < -0.39 is 12.1 Å². The summed E-state index contributed by atoms with van der Waals surface area (Å²) in [6.45, 7) is 6.13. The van der Waals surface area contributed by atoms with Gasteiger partial charge >= 0.3 is 17.9 Å². The first kappa shape index (κ1) is 69.2. The third kappa shape index (κ3) is 59.0. The standard InChI is InChI=1S/C69H102O6/c1-4-7-10-13-16-19-22-25-28-30-31-32-33-34-35-36-37-39-41-44-47-50-53-56-59-62-68(71)74-65-66(64-73-67(70)61-58-55-52-49-46-43-40-27-24-21-18-15-12-9-6-3)75-69(72)63-60-57-54-51-48-45-42-38-29-26-23-20-17-14-11-8-5-2/h7-12,16-21,25-29,31-32,34-35,37,39-40,42,44-47,49,55,58,66H,4-6,13-15,22-24,30,33,36,38,41,43,48,50-54,56-57,59-65H2,1-3H3/b10-7-,11-8-,12-9-,19-16-,20-17-,21-18-,28-25-,29-26-,32-31-,35-34-,39-37-,40-27-,45-42-,47-44-,49-46-,58-55-. The lowest BCUT2D eigenvalue weighted by molar-refractivity contribution is -0.166. The van der Waals surface area contributed by atoms with Crippen LogP contribution < -0.4 is 0 Å². The molecule has 1 atom stereocenters. The maximum absolute atomic E-state index is 12.9. The summed E-state index contributed by atoms with van der Waals surface area (Å²) in [5.41, 5.74) is 0. The maximum Gasteiger partial charge on any atom is 0.309 e. The third-order valence-electron chi connectivity index (χ3n) is 11.1. The summed E-state index contributed by atoms with van der Waals surface area (Å²) < 4.78 is 16.7. The van der Waals surface area contributed by atoms with Gasteiger partial charge in [-0.3, -0.25) is 14.4 Å². The molecule has 0 fully saturated rings. The summed E-state index contributed by atoms with van der Waals surface area (Å²) in [4.78, 5) is 38.1. The van der Waals surface area contributed by atoms with Gasteiger partial charge in [-0.25, -0.2) is 0 Å². The number of esters is 3. The first-order chi connectivity index (χ1) is 37.0. The van der Waals surface area contributed by atoms with Gasteiger partial charge in [0.25, 0.3) is 0 Å². The minimum absolute atomic E-state index is 0.104. The summed E-state index contributed by atoms with van der Waals surface area (Å²) in [6.07, 6.45) is 93.0. The lowest BCUT2D eigenvalue weighted by Crippen LogP contribution is -2.30. The normalized spacial score (nSPS) is 13.6. The van der Waals surface area contributed by atoms with Crippen molar-refractivity contribution in [3.05, 3.63) is 194 Å². The van der Waals surface area contributed by atoms with Gasteiger partial charge in [-0.05, 0) is 141 Å². The number of hydrogen-bond acceptors (Lipinski definition) is 6. The second-order valence-corrected chi connectivity index (χ2v) is 18.1. The van der Waals surface area contributed by atoms with Crippen molar-refractivity contribution < 1.29 is 28.6 Å². The Morgan fingerprint density at radius 1 is 0.280 bits per heavy atom. The Bertz CT molecular complexity index is 1850. The summed E-state index contributed by atoms with van der Waals surface area (Å²) in [7, 11) is 0. The van der Waals surface area contributed by atoms with Crippen LogP contribution >= 0.6 is 0 Å². The molecule has 0 rings (SSSR count). The van der Waals surface area contributed by atoms with Gasteiger partial charge in [-0.1, -0.05) is 234 Å². The van der Waals surface area contributed by atoms with Gasteiger partial charge in [-0.15, -0.1) is 0 Å². The van der Waals surface area contributed by atoms with Crippen LogP contribution in [0.2, 0.25) is 0 Å². The van der Waals surface area contributed by atoms with E-state index in [9.17, 15) is 14.4 Å². The number of rotatable bonds is 49. The second-order valence-electron chi connectivity index (χ2n) is 18.1. The molecule has 0 spiro atoms. The molecule has 0 radical (unpaired) electrons. The number of carbonyl (C=O) groups is 3. The molecule has 0 aromatic rings. The SMILES string of the molecule is CC/C=C\C/C=C\C/C=C\C/C=C\C/C=C\C/C=C\C/C=C\CCCCCC(=O)OCC(COC(=O)C/C=C\C/C=C\C/C=C\C/C=C\C/C=C\CC)OC(=O)CCCCCC/C=C\C/C=C\C/C=C\C/C=C\CC. The lowest BCUT2D eigenvalue weighted by atomic mass is 10.1. The molecular formula is C69H102O6. The van der Waals surface area contributed by atoms with Crippen LogP contribution in [0.25, 0.3) is 0 Å². The zero-order valence-corrected chi connectivity index (χ0v) is 47.2. The Labute approximate surface area is 458 Å². The van der Waals surface area contributed by atoms with Crippen LogP contribution in [0.1, 0.15) is 201 Å². The minimum atomic E-state index is -0.858. The molecule has 6 nitrogen and oxygen atoms in total. The van der Waals surface area contributed by atoms with Crippen molar-refractivity contribution in [1.82, 2.24) is 0 Å². The number of hydrogen-bond donors (Lipinski definition) is 0. The molecular weight excluding hydrogens is 925 g/mol. The van der Waals surface area contributed by atoms with Crippen molar-refractivity contribution in [1.29, 1.82) is 0 Å². The largest absolute Gasteiger partial charge is 0.462 e. The molecule has 0 aliphatic heterocycles. The van der Waals surface area contributed by atoms with Gasteiger partial charge in [0.2, 0.25) is 0 Å². The van der Waals surface area contributed by atoms with Crippen LogP contribution in [0.4, 0.5) is 0 Å². The molecule has 0 aliphatic carbocycles. The van der Waals surface area contributed by atoms with E-state index in [1.54, 1.807) is 6.08 Å².